The van der Waals surface area contributed by atoms with E-state index in [4.69, 9.17) is 0 Å². The lowest BCUT2D eigenvalue weighted by molar-refractivity contribution is 0.457. The molecule has 2 heteroatoms. The van der Waals surface area contributed by atoms with Crippen LogP contribution in [0, 0.1) is 11.8 Å². The van der Waals surface area contributed by atoms with Crippen LogP contribution in [-0.4, -0.2) is 25.7 Å². The third-order valence-electron chi connectivity index (χ3n) is 3.46. The molecule has 1 unspecified atom stereocenters. The molecule has 1 saturated carbocycles. The van der Waals surface area contributed by atoms with Crippen LogP contribution in [-0.2, 0) is 0 Å². The zero-order chi connectivity index (χ0) is 12.5. The van der Waals surface area contributed by atoms with Crippen molar-refractivity contribution >= 4 is 0 Å². The van der Waals surface area contributed by atoms with E-state index in [1.54, 1.807) is 0 Å². The maximum Gasteiger partial charge on any atom is 0.0192 e. The molecule has 0 aromatic heterocycles. The lowest BCUT2D eigenvalue weighted by Gasteiger charge is -2.14. The molecule has 1 heterocycles. The van der Waals surface area contributed by atoms with Gasteiger partial charge in [-0.3, -0.25) is 0 Å². The highest BCUT2D eigenvalue weighted by molar-refractivity contribution is 4.77. The minimum atomic E-state index is 0.765. The summed E-state index contributed by atoms with van der Waals surface area (Å²) in [6.45, 7) is 10.2. The monoisotopic (exact) mass is 240 g/mol. The second-order valence-electron chi connectivity index (χ2n) is 6.33. The van der Waals surface area contributed by atoms with E-state index in [0.29, 0.717) is 0 Å². The lowest BCUT2D eigenvalue weighted by atomic mass is 10.1. The molecule has 0 amide bonds. The van der Waals surface area contributed by atoms with Gasteiger partial charge in [-0.15, -0.1) is 0 Å². The maximum atomic E-state index is 3.61. The molecule has 2 rings (SSSR count). The molecule has 0 aromatic rings. The van der Waals surface area contributed by atoms with E-state index in [1.807, 2.05) is 0 Å². The van der Waals surface area contributed by atoms with Crippen molar-refractivity contribution in [3.8, 4) is 0 Å². The van der Waals surface area contributed by atoms with Crippen LogP contribution in [0.1, 0.15) is 59.3 Å². The van der Waals surface area contributed by atoms with Crippen molar-refractivity contribution in [2.24, 2.45) is 11.8 Å². The lowest BCUT2D eigenvalue weighted by Crippen LogP contribution is -2.35. The van der Waals surface area contributed by atoms with Crippen LogP contribution in [0.15, 0.2) is 0 Å². The van der Waals surface area contributed by atoms with Crippen LogP contribution in [0.4, 0.5) is 0 Å². The number of hydrogen-bond donors (Lipinski definition) is 2. The fraction of sp³-hybridized carbons (Fsp3) is 1.00. The van der Waals surface area contributed by atoms with E-state index in [1.165, 1.54) is 58.2 Å². The van der Waals surface area contributed by atoms with Crippen LogP contribution in [0.2, 0.25) is 0 Å². The summed E-state index contributed by atoms with van der Waals surface area (Å²) in [5, 5.41) is 7.13. The second-order valence-corrected chi connectivity index (χ2v) is 6.33. The Bertz CT molecular complexity index is 149. The Balaban J connectivity index is 0.000000317. The highest BCUT2D eigenvalue weighted by Crippen LogP contribution is 2.23. The Hall–Kier alpha value is -0.0800. The van der Waals surface area contributed by atoms with E-state index in [0.717, 1.165) is 17.9 Å². The van der Waals surface area contributed by atoms with Crippen molar-refractivity contribution in [1.29, 1.82) is 0 Å². The summed E-state index contributed by atoms with van der Waals surface area (Å²) < 4.78 is 0. The van der Waals surface area contributed by atoms with Gasteiger partial charge in [0.1, 0.15) is 0 Å². The van der Waals surface area contributed by atoms with Crippen LogP contribution >= 0.6 is 0 Å². The van der Waals surface area contributed by atoms with Gasteiger partial charge in [0.15, 0.2) is 0 Å². The third kappa shape index (κ3) is 7.77. The van der Waals surface area contributed by atoms with Crippen molar-refractivity contribution < 1.29 is 0 Å². The molecule has 102 valence electrons. The largest absolute Gasteiger partial charge is 0.315 e. The van der Waals surface area contributed by atoms with Crippen LogP contribution < -0.4 is 10.6 Å². The van der Waals surface area contributed by atoms with Gasteiger partial charge in [0.05, 0.1) is 0 Å². The first kappa shape index (κ1) is 15.0. The first-order chi connectivity index (χ1) is 8.18. The first-order valence-corrected chi connectivity index (χ1v) is 7.62. The Morgan fingerprint density at radius 2 is 1.65 bits per heavy atom. The minimum absolute atomic E-state index is 0.765. The molecule has 2 aliphatic rings. The maximum absolute atomic E-state index is 3.61. The molecule has 0 radical (unpaired) electrons. The Kier molecular flexibility index (Phi) is 7.87. The Labute approximate surface area is 108 Å². The molecule has 1 aliphatic heterocycles. The SMILES string of the molecule is C1CCC(CNCC2CCCN2)C1.CC(C)C. The van der Waals surface area contributed by atoms with Crippen molar-refractivity contribution in [2.75, 3.05) is 19.6 Å². The molecule has 1 aliphatic carbocycles. The zero-order valence-electron chi connectivity index (χ0n) is 12.1. The fourth-order valence-electron chi connectivity index (χ4n) is 2.61. The molecule has 2 nitrogen and oxygen atoms in total. The van der Waals surface area contributed by atoms with Crippen molar-refractivity contribution in [1.82, 2.24) is 10.6 Å². The topological polar surface area (TPSA) is 24.1 Å². The molecule has 1 atom stereocenters. The van der Waals surface area contributed by atoms with Crippen LogP contribution in [0.5, 0.6) is 0 Å². The molecular weight excluding hydrogens is 208 g/mol. The number of rotatable bonds is 4. The average molecular weight is 240 g/mol. The van der Waals surface area contributed by atoms with Crippen molar-refractivity contribution in [3.63, 3.8) is 0 Å². The van der Waals surface area contributed by atoms with Crippen LogP contribution in [0.25, 0.3) is 0 Å². The summed E-state index contributed by atoms with van der Waals surface area (Å²) in [4.78, 5) is 0. The molecule has 1 saturated heterocycles. The highest BCUT2D eigenvalue weighted by Gasteiger charge is 2.16. The third-order valence-corrected chi connectivity index (χ3v) is 3.46. The molecular formula is C15H32N2. The predicted octanol–water partition coefficient (Wildman–Crippen LogP) is 3.18. The minimum Gasteiger partial charge on any atom is -0.315 e. The van der Waals surface area contributed by atoms with Crippen molar-refractivity contribution in [3.05, 3.63) is 0 Å². The van der Waals surface area contributed by atoms with Gasteiger partial charge >= 0.3 is 0 Å². The van der Waals surface area contributed by atoms with Gasteiger partial charge < -0.3 is 10.6 Å². The highest BCUT2D eigenvalue weighted by atomic mass is 15.0. The number of hydrogen-bond acceptors (Lipinski definition) is 2. The number of nitrogens with one attached hydrogen (secondary N) is 2. The van der Waals surface area contributed by atoms with E-state index in [-0.39, 0.29) is 0 Å². The van der Waals surface area contributed by atoms with E-state index < -0.39 is 0 Å². The Morgan fingerprint density at radius 3 is 2.18 bits per heavy atom. The first-order valence-electron chi connectivity index (χ1n) is 7.62. The average Bonchev–Trinajstić information content (AvgIpc) is 2.88. The van der Waals surface area contributed by atoms with Gasteiger partial charge in [-0.05, 0) is 50.6 Å². The van der Waals surface area contributed by atoms with Gasteiger partial charge in [0.2, 0.25) is 0 Å². The summed E-state index contributed by atoms with van der Waals surface area (Å²) in [5.74, 6) is 1.82. The summed E-state index contributed by atoms with van der Waals surface area (Å²) in [6, 6.07) is 0.765. The second kappa shape index (κ2) is 8.93. The smallest absolute Gasteiger partial charge is 0.0192 e. The van der Waals surface area contributed by atoms with E-state index in [9.17, 15) is 0 Å². The molecule has 0 spiro atoms. The normalized spacial score (nSPS) is 25.1. The molecule has 2 N–H and O–H groups in total. The van der Waals surface area contributed by atoms with Gasteiger partial charge in [0, 0.05) is 12.6 Å². The van der Waals surface area contributed by atoms with E-state index in [2.05, 4.69) is 31.4 Å². The van der Waals surface area contributed by atoms with Gasteiger partial charge in [-0.25, -0.2) is 0 Å². The van der Waals surface area contributed by atoms with Gasteiger partial charge in [-0.2, -0.15) is 0 Å². The summed E-state index contributed by atoms with van der Waals surface area (Å²) in [7, 11) is 0. The van der Waals surface area contributed by atoms with Gasteiger partial charge in [-0.1, -0.05) is 33.6 Å². The predicted molar refractivity (Wildman–Crippen MR) is 76.4 cm³/mol. The molecule has 17 heavy (non-hydrogen) atoms. The van der Waals surface area contributed by atoms with Crippen molar-refractivity contribution in [2.45, 2.75) is 65.3 Å². The molecule has 0 aromatic carbocycles. The van der Waals surface area contributed by atoms with Crippen LogP contribution in [0.3, 0.4) is 0 Å². The summed E-state index contributed by atoms with van der Waals surface area (Å²) in [6.07, 6.45) is 8.60. The fourth-order valence-corrected chi connectivity index (χ4v) is 2.61. The summed E-state index contributed by atoms with van der Waals surface area (Å²) in [5.41, 5.74) is 0. The molecule has 2 fully saturated rings. The van der Waals surface area contributed by atoms with Gasteiger partial charge in [0.25, 0.3) is 0 Å². The zero-order valence-corrected chi connectivity index (χ0v) is 12.1. The quantitative estimate of drug-likeness (QED) is 0.788. The Morgan fingerprint density at radius 1 is 1.00 bits per heavy atom. The summed E-state index contributed by atoms with van der Waals surface area (Å²) >= 11 is 0. The van der Waals surface area contributed by atoms with E-state index >= 15 is 0 Å². The standard InChI is InChI=1S/C11H22N2.C4H10/c1-2-5-10(4-1)8-12-9-11-6-3-7-13-11;1-4(2)3/h10-13H,1-9H2;4H,1-3H3. The molecule has 0 bridgehead atoms.